The summed E-state index contributed by atoms with van der Waals surface area (Å²) in [5.74, 6) is 2.04. The highest BCUT2D eigenvalue weighted by atomic mass is 15.3. The summed E-state index contributed by atoms with van der Waals surface area (Å²) in [5, 5.41) is 4.24. The van der Waals surface area contributed by atoms with E-state index in [0.717, 1.165) is 29.5 Å². The largest absolute Gasteiger partial charge is 0.382 e. The minimum atomic E-state index is 0.519. The van der Waals surface area contributed by atoms with Crippen LogP contribution >= 0.6 is 0 Å². The van der Waals surface area contributed by atoms with Gasteiger partial charge in [0.2, 0.25) is 0 Å². The van der Waals surface area contributed by atoms with Gasteiger partial charge in [-0.3, -0.25) is 0 Å². The van der Waals surface area contributed by atoms with Crippen molar-refractivity contribution in [1.82, 2.24) is 19.7 Å². The summed E-state index contributed by atoms with van der Waals surface area (Å²) >= 11 is 0. The third-order valence-electron chi connectivity index (χ3n) is 2.33. The zero-order chi connectivity index (χ0) is 11.7. The molecule has 0 aliphatic rings. The first kappa shape index (κ1) is 10.6. The van der Waals surface area contributed by atoms with E-state index in [1.807, 2.05) is 26.0 Å². The monoisotopic (exact) mass is 217 g/mol. The second-order valence-corrected chi connectivity index (χ2v) is 3.74. The van der Waals surface area contributed by atoms with E-state index < -0.39 is 0 Å². The van der Waals surface area contributed by atoms with Crippen LogP contribution in [0.1, 0.15) is 24.1 Å². The van der Waals surface area contributed by atoms with Crippen LogP contribution < -0.4 is 5.73 Å². The van der Waals surface area contributed by atoms with Crippen LogP contribution in [0.3, 0.4) is 0 Å². The molecule has 0 unspecified atom stereocenters. The number of aromatic nitrogens is 4. The van der Waals surface area contributed by atoms with Crippen LogP contribution in [0.2, 0.25) is 0 Å². The van der Waals surface area contributed by atoms with E-state index in [1.54, 1.807) is 4.68 Å². The second-order valence-electron chi connectivity index (χ2n) is 3.74. The molecule has 0 saturated carbocycles. The molecule has 84 valence electrons. The molecule has 0 spiro atoms. The minimum absolute atomic E-state index is 0.519. The van der Waals surface area contributed by atoms with Crippen molar-refractivity contribution >= 4 is 5.82 Å². The zero-order valence-corrected chi connectivity index (χ0v) is 9.73. The number of nitrogens with two attached hydrogens (primary N) is 1. The molecule has 2 aromatic heterocycles. The first-order valence-corrected chi connectivity index (χ1v) is 5.27. The average Bonchev–Trinajstić information content (AvgIpc) is 2.58. The van der Waals surface area contributed by atoms with Gasteiger partial charge < -0.3 is 5.73 Å². The summed E-state index contributed by atoms with van der Waals surface area (Å²) < 4.78 is 1.77. The van der Waals surface area contributed by atoms with Gasteiger partial charge in [-0.05, 0) is 20.3 Å². The zero-order valence-electron chi connectivity index (χ0n) is 9.73. The molecule has 2 rings (SSSR count). The summed E-state index contributed by atoms with van der Waals surface area (Å²) in [6.07, 6.45) is 0.867. The highest BCUT2D eigenvalue weighted by Gasteiger charge is 2.08. The molecule has 0 aliphatic carbocycles. The number of anilines is 1. The van der Waals surface area contributed by atoms with E-state index in [-0.39, 0.29) is 0 Å². The maximum Gasteiger partial charge on any atom is 0.157 e. The Balaban J connectivity index is 2.57. The van der Waals surface area contributed by atoms with Crippen LogP contribution in [0.5, 0.6) is 0 Å². The van der Waals surface area contributed by atoms with E-state index in [9.17, 15) is 0 Å². The number of hydrogen-bond donors (Lipinski definition) is 1. The summed E-state index contributed by atoms with van der Waals surface area (Å²) in [6.45, 7) is 5.87. The van der Waals surface area contributed by atoms with Crippen LogP contribution in [-0.2, 0) is 6.42 Å². The molecular weight excluding hydrogens is 202 g/mol. The molecule has 2 N–H and O–H groups in total. The lowest BCUT2D eigenvalue weighted by molar-refractivity contribution is 0.777. The second kappa shape index (κ2) is 3.92. The van der Waals surface area contributed by atoms with Crippen molar-refractivity contribution < 1.29 is 0 Å². The molecule has 2 aromatic rings. The van der Waals surface area contributed by atoms with Gasteiger partial charge in [0.25, 0.3) is 0 Å². The van der Waals surface area contributed by atoms with Crippen LogP contribution in [0.25, 0.3) is 5.82 Å². The predicted molar refractivity (Wildman–Crippen MR) is 62.4 cm³/mol. The van der Waals surface area contributed by atoms with Crippen molar-refractivity contribution in [2.45, 2.75) is 27.2 Å². The molecule has 0 aromatic carbocycles. The molecular formula is C11H15N5. The topological polar surface area (TPSA) is 69.6 Å². The fourth-order valence-corrected chi connectivity index (χ4v) is 1.70. The van der Waals surface area contributed by atoms with Crippen LogP contribution in [-0.4, -0.2) is 19.7 Å². The third-order valence-corrected chi connectivity index (χ3v) is 2.33. The lowest BCUT2D eigenvalue weighted by atomic mass is 10.3. The molecule has 0 bridgehead atoms. The van der Waals surface area contributed by atoms with Gasteiger partial charge in [-0.15, -0.1) is 5.10 Å². The van der Waals surface area contributed by atoms with E-state index in [2.05, 4.69) is 22.0 Å². The minimum Gasteiger partial charge on any atom is -0.382 e. The quantitative estimate of drug-likeness (QED) is 0.826. The predicted octanol–water partition coefficient (Wildman–Crippen LogP) is 1.42. The number of aryl methyl sites for hydroxylation is 3. The van der Waals surface area contributed by atoms with Gasteiger partial charge in [0.15, 0.2) is 5.82 Å². The van der Waals surface area contributed by atoms with Crippen molar-refractivity contribution in [1.29, 1.82) is 0 Å². The van der Waals surface area contributed by atoms with E-state index in [1.165, 1.54) is 0 Å². The molecule has 0 aliphatic heterocycles. The van der Waals surface area contributed by atoms with Gasteiger partial charge in [-0.25, -0.2) is 14.6 Å². The Bertz CT molecular complexity index is 495. The summed E-state index contributed by atoms with van der Waals surface area (Å²) in [5.41, 5.74) is 7.67. The summed E-state index contributed by atoms with van der Waals surface area (Å²) in [6, 6.07) is 3.77. The summed E-state index contributed by atoms with van der Waals surface area (Å²) in [7, 11) is 0. The van der Waals surface area contributed by atoms with Crippen molar-refractivity contribution in [3.05, 3.63) is 29.3 Å². The van der Waals surface area contributed by atoms with E-state index in [4.69, 9.17) is 5.73 Å². The highest BCUT2D eigenvalue weighted by molar-refractivity contribution is 5.35. The Labute approximate surface area is 94.3 Å². The first-order valence-electron chi connectivity index (χ1n) is 5.27. The molecule has 0 amide bonds. The van der Waals surface area contributed by atoms with Crippen molar-refractivity contribution in [2.24, 2.45) is 0 Å². The lowest BCUT2D eigenvalue weighted by Crippen LogP contribution is -2.06. The van der Waals surface area contributed by atoms with Gasteiger partial charge in [0.05, 0.1) is 0 Å². The summed E-state index contributed by atoms with van der Waals surface area (Å²) in [4.78, 5) is 8.60. The maximum absolute atomic E-state index is 5.69. The van der Waals surface area contributed by atoms with Crippen molar-refractivity contribution in [3.63, 3.8) is 0 Å². The molecule has 5 nitrogen and oxygen atoms in total. The van der Waals surface area contributed by atoms with Crippen LogP contribution in [0, 0.1) is 13.8 Å². The average molecular weight is 217 g/mol. The normalized spacial score (nSPS) is 10.7. The fraction of sp³-hybridized carbons (Fsp3) is 0.364. The molecule has 0 fully saturated rings. The van der Waals surface area contributed by atoms with Crippen LogP contribution in [0.15, 0.2) is 12.1 Å². The number of hydrogen-bond acceptors (Lipinski definition) is 4. The van der Waals surface area contributed by atoms with Gasteiger partial charge in [0, 0.05) is 23.5 Å². The Kier molecular flexibility index (Phi) is 2.60. The molecule has 0 saturated heterocycles. The first-order chi connectivity index (χ1) is 7.60. The van der Waals surface area contributed by atoms with Gasteiger partial charge in [0.1, 0.15) is 11.6 Å². The molecule has 0 radical (unpaired) electrons. The van der Waals surface area contributed by atoms with Gasteiger partial charge >= 0.3 is 0 Å². The Morgan fingerprint density at radius 1 is 1.25 bits per heavy atom. The van der Waals surface area contributed by atoms with Crippen LogP contribution in [0.4, 0.5) is 5.82 Å². The van der Waals surface area contributed by atoms with Crippen molar-refractivity contribution in [2.75, 3.05) is 5.73 Å². The third kappa shape index (κ3) is 1.88. The molecule has 0 atom stereocenters. The number of nitrogen functional groups attached to an aromatic ring is 1. The molecule has 5 heteroatoms. The Morgan fingerprint density at radius 3 is 2.62 bits per heavy atom. The SMILES string of the molecule is CCc1cc(N)nn1-c1cc(C)nc(C)n1. The molecule has 2 heterocycles. The maximum atomic E-state index is 5.69. The van der Waals surface area contributed by atoms with Gasteiger partial charge in [-0.2, -0.15) is 0 Å². The Morgan fingerprint density at radius 2 is 2.00 bits per heavy atom. The van der Waals surface area contributed by atoms with E-state index in [0.29, 0.717) is 5.82 Å². The fourth-order valence-electron chi connectivity index (χ4n) is 1.70. The van der Waals surface area contributed by atoms with Gasteiger partial charge in [-0.1, -0.05) is 6.92 Å². The number of nitrogens with zero attached hydrogens (tertiary/aromatic N) is 4. The Hall–Kier alpha value is -1.91. The van der Waals surface area contributed by atoms with E-state index >= 15 is 0 Å². The standard InChI is InChI=1S/C11H15N5/c1-4-9-6-10(12)15-16(9)11-5-7(2)13-8(3)14-11/h5-6H,4H2,1-3H3,(H2,12,15). The smallest absolute Gasteiger partial charge is 0.157 e. The molecule has 16 heavy (non-hydrogen) atoms. The number of rotatable bonds is 2. The van der Waals surface area contributed by atoms with Crippen molar-refractivity contribution in [3.8, 4) is 5.82 Å². The highest BCUT2D eigenvalue weighted by Crippen LogP contribution is 2.13. The lowest BCUT2D eigenvalue weighted by Gasteiger charge is -2.06.